The van der Waals surface area contributed by atoms with Crippen molar-refractivity contribution in [3.05, 3.63) is 35.5 Å². The Morgan fingerprint density at radius 2 is 2.09 bits per heavy atom. The molecule has 5 nitrogen and oxygen atoms in total. The largest absolute Gasteiger partial charge is 0.462 e. The number of hydrogen-bond acceptors (Lipinski definition) is 5. The van der Waals surface area contributed by atoms with Crippen LogP contribution in [0.3, 0.4) is 0 Å². The van der Waals surface area contributed by atoms with Gasteiger partial charge in [0, 0.05) is 37.8 Å². The van der Waals surface area contributed by atoms with Crippen LogP contribution in [-0.4, -0.2) is 43.7 Å². The van der Waals surface area contributed by atoms with Gasteiger partial charge in [0.05, 0.1) is 17.8 Å². The first-order valence-corrected chi connectivity index (χ1v) is 8.29. The minimum atomic E-state index is -0.294. The van der Waals surface area contributed by atoms with Crippen LogP contribution in [0.25, 0.3) is 10.9 Å². The summed E-state index contributed by atoms with van der Waals surface area (Å²) in [5.74, 6) is -0.294. The summed E-state index contributed by atoms with van der Waals surface area (Å²) in [4.78, 5) is 19.2. The van der Waals surface area contributed by atoms with E-state index in [4.69, 9.17) is 4.74 Å². The second-order valence-corrected chi connectivity index (χ2v) is 5.64. The van der Waals surface area contributed by atoms with Crippen LogP contribution in [-0.2, 0) is 11.2 Å². The number of ether oxygens (including phenoxy) is 1. The zero-order valence-corrected chi connectivity index (χ0v) is 13.8. The molecule has 1 N–H and O–H groups in total. The lowest BCUT2D eigenvalue weighted by molar-refractivity contribution is 0.0526. The molecule has 1 saturated heterocycles. The fourth-order valence-corrected chi connectivity index (χ4v) is 3.14. The summed E-state index contributed by atoms with van der Waals surface area (Å²) in [6.07, 6.45) is 2.60. The number of benzene rings is 1. The van der Waals surface area contributed by atoms with E-state index in [1.54, 1.807) is 6.20 Å². The molecule has 0 amide bonds. The molecule has 1 aliphatic heterocycles. The molecule has 0 saturated carbocycles. The normalized spacial score (nSPS) is 15.0. The molecular weight excluding hydrogens is 290 g/mol. The molecule has 5 heteroatoms. The standard InChI is InChI=1S/C18H23N3O2/c1-3-13-6-5-7-14-16(13)20-12-15(18(22)23-4-2)17(14)21-10-8-19-9-11-21/h5-7,12,19H,3-4,8-11H2,1-2H3. The Morgan fingerprint density at radius 3 is 2.78 bits per heavy atom. The van der Waals surface area contributed by atoms with Crippen LogP contribution in [0.4, 0.5) is 5.69 Å². The zero-order chi connectivity index (χ0) is 16.2. The molecule has 3 rings (SSSR count). The van der Waals surface area contributed by atoms with Gasteiger partial charge in [-0.15, -0.1) is 0 Å². The summed E-state index contributed by atoms with van der Waals surface area (Å²) in [5.41, 5.74) is 3.71. The van der Waals surface area contributed by atoms with Crippen molar-refractivity contribution < 1.29 is 9.53 Å². The molecule has 1 aromatic carbocycles. The fraction of sp³-hybridized carbons (Fsp3) is 0.444. The van der Waals surface area contributed by atoms with E-state index in [0.717, 1.165) is 49.2 Å². The van der Waals surface area contributed by atoms with Crippen LogP contribution in [0.2, 0.25) is 0 Å². The monoisotopic (exact) mass is 313 g/mol. The highest BCUT2D eigenvalue weighted by molar-refractivity contribution is 6.06. The molecular formula is C18H23N3O2. The number of pyridine rings is 1. The summed E-state index contributed by atoms with van der Waals surface area (Å²) in [7, 11) is 0. The van der Waals surface area contributed by atoms with Crippen molar-refractivity contribution in [1.82, 2.24) is 10.3 Å². The van der Waals surface area contributed by atoms with Gasteiger partial charge in [-0.2, -0.15) is 0 Å². The molecule has 0 spiro atoms. The number of anilines is 1. The highest BCUT2D eigenvalue weighted by Gasteiger charge is 2.23. The summed E-state index contributed by atoms with van der Waals surface area (Å²) in [6, 6.07) is 6.20. The van der Waals surface area contributed by atoms with Gasteiger partial charge in [-0.3, -0.25) is 4.98 Å². The van der Waals surface area contributed by atoms with E-state index in [2.05, 4.69) is 34.3 Å². The smallest absolute Gasteiger partial charge is 0.341 e. The summed E-state index contributed by atoms with van der Waals surface area (Å²) in [6.45, 7) is 7.90. The molecule has 0 aliphatic carbocycles. The van der Waals surface area contributed by atoms with Crippen LogP contribution < -0.4 is 10.2 Å². The lowest BCUT2D eigenvalue weighted by Gasteiger charge is -2.31. The third-order valence-electron chi connectivity index (χ3n) is 4.26. The highest BCUT2D eigenvalue weighted by Crippen LogP contribution is 2.32. The van der Waals surface area contributed by atoms with Crippen LogP contribution in [0.1, 0.15) is 29.8 Å². The Bertz CT molecular complexity index is 709. The number of aromatic nitrogens is 1. The van der Waals surface area contributed by atoms with Crippen molar-refractivity contribution in [2.45, 2.75) is 20.3 Å². The van der Waals surface area contributed by atoms with Gasteiger partial charge in [0.1, 0.15) is 5.56 Å². The van der Waals surface area contributed by atoms with Crippen LogP contribution in [0.15, 0.2) is 24.4 Å². The van der Waals surface area contributed by atoms with E-state index in [0.29, 0.717) is 12.2 Å². The van der Waals surface area contributed by atoms with Crippen molar-refractivity contribution in [1.29, 1.82) is 0 Å². The van der Waals surface area contributed by atoms with Gasteiger partial charge >= 0.3 is 5.97 Å². The van der Waals surface area contributed by atoms with E-state index >= 15 is 0 Å². The molecule has 0 unspecified atom stereocenters. The zero-order valence-electron chi connectivity index (χ0n) is 13.8. The van der Waals surface area contributed by atoms with E-state index in [1.165, 1.54) is 5.56 Å². The first kappa shape index (κ1) is 15.7. The number of aryl methyl sites for hydroxylation is 1. The van der Waals surface area contributed by atoms with Crippen molar-refractivity contribution in [3.63, 3.8) is 0 Å². The summed E-state index contributed by atoms with van der Waals surface area (Å²) < 4.78 is 5.24. The van der Waals surface area contributed by atoms with E-state index in [1.807, 2.05) is 13.0 Å². The molecule has 2 heterocycles. The van der Waals surface area contributed by atoms with Gasteiger partial charge in [0.15, 0.2) is 0 Å². The van der Waals surface area contributed by atoms with Crippen LogP contribution >= 0.6 is 0 Å². The first-order valence-electron chi connectivity index (χ1n) is 8.29. The number of hydrogen-bond donors (Lipinski definition) is 1. The maximum Gasteiger partial charge on any atom is 0.341 e. The Balaban J connectivity index is 2.20. The molecule has 1 aliphatic rings. The number of carbonyl (C=O) groups is 1. The molecule has 1 fully saturated rings. The van der Waals surface area contributed by atoms with Gasteiger partial charge in [-0.1, -0.05) is 25.1 Å². The minimum absolute atomic E-state index is 0.294. The van der Waals surface area contributed by atoms with Crippen molar-refractivity contribution in [2.24, 2.45) is 0 Å². The topological polar surface area (TPSA) is 54.5 Å². The Morgan fingerprint density at radius 1 is 1.30 bits per heavy atom. The van der Waals surface area contributed by atoms with Crippen LogP contribution in [0, 0.1) is 0 Å². The lowest BCUT2D eigenvalue weighted by Crippen LogP contribution is -2.44. The highest BCUT2D eigenvalue weighted by atomic mass is 16.5. The average Bonchev–Trinajstić information content (AvgIpc) is 2.61. The summed E-state index contributed by atoms with van der Waals surface area (Å²) in [5, 5.41) is 4.39. The second-order valence-electron chi connectivity index (χ2n) is 5.64. The predicted molar refractivity (Wildman–Crippen MR) is 92.2 cm³/mol. The number of para-hydroxylation sites is 1. The molecule has 0 bridgehead atoms. The first-order chi connectivity index (χ1) is 11.3. The van der Waals surface area contributed by atoms with E-state index < -0.39 is 0 Å². The van der Waals surface area contributed by atoms with Crippen molar-refractivity contribution in [2.75, 3.05) is 37.7 Å². The van der Waals surface area contributed by atoms with Gasteiger partial charge in [-0.25, -0.2) is 4.79 Å². The van der Waals surface area contributed by atoms with Crippen molar-refractivity contribution >= 4 is 22.6 Å². The maximum absolute atomic E-state index is 12.4. The third kappa shape index (κ3) is 3.01. The van der Waals surface area contributed by atoms with Crippen LogP contribution in [0.5, 0.6) is 0 Å². The van der Waals surface area contributed by atoms with Crippen molar-refractivity contribution in [3.8, 4) is 0 Å². The van der Waals surface area contributed by atoms with Gasteiger partial charge in [-0.05, 0) is 18.9 Å². The third-order valence-corrected chi connectivity index (χ3v) is 4.26. The molecule has 0 atom stereocenters. The molecule has 1 aromatic heterocycles. The Kier molecular flexibility index (Phi) is 4.76. The molecule has 122 valence electrons. The number of nitrogens with zero attached hydrogens (tertiary/aromatic N) is 2. The number of carbonyl (C=O) groups excluding carboxylic acids is 1. The average molecular weight is 313 g/mol. The van der Waals surface area contributed by atoms with Gasteiger partial charge in [0.25, 0.3) is 0 Å². The fourth-order valence-electron chi connectivity index (χ4n) is 3.14. The Labute approximate surface area is 136 Å². The minimum Gasteiger partial charge on any atom is -0.462 e. The number of esters is 1. The molecule has 2 aromatic rings. The number of piperazine rings is 1. The maximum atomic E-state index is 12.4. The van der Waals surface area contributed by atoms with E-state index in [9.17, 15) is 4.79 Å². The molecule has 0 radical (unpaired) electrons. The number of nitrogens with one attached hydrogen (secondary N) is 1. The lowest BCUT2D eigenvalue weighted by atomic mass is 10.0. The van der Waals surface area contributed by atoms with E-state index in [-0.39, 0.29) is 5.97 Å². The SMILES string of the molecule is CCOC(=O)c1cnc2c(CC)cccc2c1N1CCNCC1. The molecule has 23 heavy (non-hydrogen) atoms. The Hall–Kier alpha value is -2.14. The number of fused-ring (bicyclic) bond motifs is 1. The predicted octanol–water partition coefficient (Wildman–Crippen LogP) is 2.38. The second kappa shape index (κ2) is 6.96. The quantitative estimate of drug-likeness (QED) is 0.878. The van der Waals surface area contributed by atoms with Gasteiger partial charge < -0.3 is 15.0 Å². The summed E-state index contributed by atoms with van der Waals surface area (Å²) >= 11 is 0. The van der Waals surface area contributed by atoms with Gasteiger partial charge in [0.2, 0.25) is 0 Å². The number of rotatable bonds is 4.